The minimum Gasteiger partial charge on any atom is -0.288 e. The Morgan fingerprint density at radius 1 is 1.14 bits per heavy atom. The minimum atomic E-state index is 0.0322. The lowest BCUT2D eigenvalue weighted by Crippen LogP contribution is -2.34. The molecule has 2 aliphatic rings. The van der Waals surface area contributed by atoms with E-state index in [4.69, 9.17) is 0 Å². The monoisotopic (exact) mass is 294 g/mol. The fourth-order valence-electron chi connectivity index (χ4n) is 2.50. The van der Waals surface area contributed by atoms with Crippen molar-refractivity contribution in [2.24, 2.45) is 4.99 Å². The standard InChI is InChI=1S/C17H14N2OS/c20-17-15(11-14-7-4-10-21-14)18-16(19(17)13-8-9-13)12-5-2-1-3-6-12/h1-7,10-11,13H,8-9H2/b15-11-. The molecule has 3 nitrogen and oxygen atoms in total. The van der Waals surface area contributed by atoms with Gasteiger partial charge in [0, 0.05) is 16.5 Å². The Balaban J connectivity index is 1.77. The molecule has 0 radical (unpaired) electrons. The highest BCUT2D eigenvalue weighted by Crippen LogP contribution is 2.34. The lowest BCUT2D eigenvalue weighted by molar-refractivity contribution is -0.122. The van der Waals surface area contributed by atoms with Crippen LogP contribution >= 0.6 is 11.3 Å². The van der Waals surface area contributed by atoms with Crippen molar-refractivity contribution >= 4 is 29.2 Å². The van der Waals surface area contributed by atoms with E-state index in [1.807, 2.05) is 58.8 Å². The van der Waals surface area contributed by atoms with E-state index in [0.29, 0.717) is 11.7 Å². The van der Waals surface area contributed by atoms with E-state index < -0.39 is 0 Å². The largest absolute Gasteiger partial charge is 0.288 e. The molecule has 0 spiro atoms. The smallest absolute Gasteiger partial charge is 0.278 e. The second kappa shape index (κ2) is 4.97. The minimum absolute atomic E-state index is 0.0322. The van der Waals surface area contributed by atoms with Gasteiger partial charge in [0.15, 0.2) is 0 Å². The number of aliphatic imine (C=N–C) groups is 1. The molecule has 0 saturated heterocycles. The molecule has 1 saturated carbocycles. The molecular formula is C17H14N2OS. The molecule has 0 N–H and O–H groups in total. The number of amides is 1. The summed E-state index contributed by atoms with van der Waals surface area (Å²) in [4.78, 5) is 20.2. The van der Waals surface area contributed by atoms with Gasteiger partial charge in [-0.05, 0) is 30.4 Å². The number of carbonyl (C=O) groups excluding carboxylic acids is 1. The Bertz CT molecular complexity index is 727. The Morgan fingerprint density at radius 3 is 2.62 bits per heavy atom. The number of carbonyl (C=O) groups is 1. The van der Waals surface area contributed by atoms with Crippen LogP contribution in [-0.2, 0) is 4.79 Å². The summed E-state index contributed by atoms with van der Waals surface area (Å²) in [6.45, 7) is 0. The number of rotatable bonds is 3. The van der Waals surface area contributed by atoms with Crippen molar-refractivity contribution in [2.75, 3.05) is 0 Å². The lowest BCUT2D eigenvalue weighted by atomic mass is 10.2. The summed E-state index contributed by atoms with van der Waals surface area (Å²) in [6.07, 6.45) is 4.03. The molecule has 1 aliphatic heterocycles. The van der Waals surface area contributed by atoms with Crippen LogP contribution in [0.4, 0.5) is 0 Å². The second-order valence-electron chi connectivity index (χ2n) is 5.25. The molecule has 0 unspecified atom stereocenters. The molecule has 1 amide bonds. The van der Waals surface area contributed by atoms with Crippen LogP contribution in [0.5, 0.6) is 0 Å². The molecule has 1 aliphatic carbocycles. The summed E-state index contributed by atoms with van der Waals surface area (Å²) in [6, 6.07) is 14.3. The fourth-order valence-corrected chi connectivity index (χ4v) is 3.15. The Kier molecular flexibility index (Phi) is 2.97. The third-order valence-electron chi connectivity index (χ3n) is 3.66. The average Bonchev–Trinajstić information content (AvgIpc) is 3.12. The van der Waals surface area contributed by atoms with E-state index >= 15 is 0 Å². The van der Waals surface area contributed by atoms with Gasteiger partial charge in [0.2, 0.25) is 0 Å². The second-order valence-corrected chi connectivity index (χ2v) is 6.23. The van der Waals surface area contributed by atoms with Crippen molar-refractivity contribution in [3.05, 3.63) is 64.0 Å². The molecule has 104 valence electrons. The highest BCUT2D eigenvalue weighted by Gasteiger charge is 2.41. The van der Waals surface area contributed by atoms with Gasteiger partial charge in [0.25, 0.3) is 5.91 Å². The summed E-state index contributed by atoms with van der Waals surface area (Å²) in [7, 11) is 0. The van der Waals surface area contributed by atoms with Gasteiger partial charge < -0.3 is 0 Å². The first-order valence-electron chi connectivity index (χ1n) is 7.06. The number of hydrogen-bond acceptors (Lipinski definition) is 3. The van der Waals surface area contributed by atoms with Gasteiger partial charge in [-0.15, -0.1) is 11.3 Å². The maximum Gasteiger partial charge on any atom is 0.278 e. The number of thiophene rings is 1. The maximum absolute atomic E-state index is 12.6. The van der Waals surface area contributed by atoms with Crippen molar-refractivity contribution in [1.29, 1.82) is 0 Å². The van der Waals surface area contributed by atoms with Crippen molar-refractivity contribution in [2.45, 2.75) is 18.9 Å². The normalized spacial score (nSPS) is 20.2. The Hall–Kier alpha value is -2.20. The predicted molar refractivity (Wildman–Crippen MR) is 85.1 cm³/mol. The molecule has 4 rings (SSSR count). The molecule has 1 aromatic heterocycles. The summed E-state index contributed by atoms with van der Waals surface area (Å²) in [5.41, 5.74) is 1.55. The number of nitrogens with zero attached hydrogens (tertiary/aromatic N) is 2. The van der Waals surface area contributed by atoms with Crippen LogP contribution in [-0.4, -0.2) is 22.7 Å². The summed E-state index contributed by atoms with van der Waals surface area (Å²) < 4.78 is 0. The van der Waals surface area contributed by atoms with Crippen LogP contribution in [0, 0.1) is 0 Å². The SMILES string of the molecule is O=C1/C(=C/c2cccs2)N=C(c2ccccc2)N1C1CC1. The molecule has 21 heavy (non-hydrogen) atoms. The van der Waals surface area contributed by atoms with Gasteiger partial charge in [0.05, 0.1) is 0 Å². The van der Waals surface area contributed by atoms with Gasteiger partial charge in [-0.2, -0.15) is 0 Å². The van der Waals surface area contributed by atoms with Crippen molar-refractivity contribution in [3.8, 4) is 0 Å². The molecule has 2 aromatic rings. The van der Waals surface area contributed by atoms with Gasteiger partial charge in [-0.1, -0.05) is 36.4 Å². The van der Waals surface area contributed by atoms with Crippen LogP contribution in [0.15, 0.2) is 58.5 Å². The van der Waals surface area contributed by atoms with E-state index in [0.717, 1.165) is 29.1 Å². The molecule has 1 fully saturated rings. The summed E-state index contributed by atoms with van der Waals surface area (Å²) in [5.74, 6) is 0.829. The first-order valence-corrected chi connectivity index (χ1v) is 7.94. The number of amidine groups is 1. The maximum atomic E-state index is 12.6. The van der Waals surface area contributed by atoms with Crippen LogP contribution in [0.1, 0.15) is 23.3 Å². The zero-order valence-electron chi connectivity index (χ0n) is 11.4. The molecule has 0 bridgehead atoms. The van der Waals surface area contributed by atoms with Gasteiger partial charge in [-0.3, -0.25) is 9.69 Å². The van der Waals surface area contributed by atoms with E-state index in [9.17, 15) is 4.79 Å². The third kappa shape index (κ3) is 2.32. The zero-order valence-corrected chi connectivity index (χ0v) is 12.2. The molecule has 0 atom stereocenters. The lowest BCUT2D eigenvalue weighted by Gasteiger charge is -2.17. The first kappa shape index (κ1) is 12.5. The average molecular weight is 294 g/mol. The van der Waals surface area contributed by atoms with E-state index in [2.05, 4.69) is 4.99 Å². The highest BCUT2D eigenvalue weighted by atomic mass is 32.1. The zero-order chi connectivity index (χ0) is 14.2. The van der Waals surface area contributed by atoms with Crippen molar-refractivity contribution < 1.29 is 4.79 Å². The van der Waals surface area contributed by atoms with E-state index in [1.165, 1.54) is 0 Å². The summed E-state index contributed by atoms with van der Waals surface area (Å²) in [5, 5.41) is 2.01. The topological polar surface area (TPSA) is 32.7 Å². The van der Waals surface area contributed by atoms with E-state index in [1.54, 1.807) is 11.3 Å². The predicted octanol–water partition coefficient (Wildman–Crippen LogP) is 3.54. The quantitative estimate of drug-likeness (QED) is 0.797. The highest BCUT2D eigenvalue weighted by molar-refractivity contribution is 7.10. The van der Waals surface area contributed by atoms with Crippen LogP contribution in [0.25, 0.3) is 6.08 Å². The van der Waals surface area contributed by atoms with Crippen LogP contribution in [0.3, 0.4) is 0 Å². The molecular weight excluding hydrogens is 280 g/mol. The molecule has 1 aromatic carbocycles. The van der Waals surface area contributed by atoms with Gasteiger partial charge in [0.1, 0.15) is 11.5 Å². The number of benzene rings is 1. The Morgan fingerprint density at radius 2 is 1.95 bits per heavy atom. The summed E-state index contributed by atoms with van der Waals surface area (Å²) >= 11 is 1.62. The Labute approximate surface area is 127 Å². The van der Waals surface area contributed by atoms with Gasteiger partial charge >= 0.3 is 0 Å². The van der Waals surface area contributed by atoms with E-state index in [-0.39, 0.29) is 5.91 Å². The first-order chi connectivity index (χ1) is 10.3. The van der Waals surface area contributed by atoms with Gasteiger partial charge in [-0.25, -0.2) is 4.99 Å². The molecule has 4 heteroatoms. The fraction of sp³-hybridized carbons (Fsp3) is 0.176. The molecule has 2 heterocycles. The van der Waals surface area contributed by atoms with Crippen molar-refractivity contribution in [3.63, 3.8) is 0 Å². The van der Waals surface area contributed by atoms with Crippen LogP contribution in [0.2, 0.25) is 0 Å². The third-order valence-corrected chi connectivity index (χ3v) is 4.48. The number of hydrogen-bond donors (Lipinski definition) is 0. The van der Waals surface area contributed by atoms with Crippen LogP contribution < -0.4 is 0 Å². The van der Waals surface area contributed by atoms with Crippen molar-refractivity contribution in [1.82, 2.24) is 4.90 Å².